The maximum atomic E-state index is 13.0. The van der Waals surface area contributed by atoms with Gasteiger partial charge in [0, 0.05) is 53.5 Å². The van der Waals surface area contributed by atoms with Crippen molar-refractivity contribution < 1.29 is 23.5 Å². The largest absolute Gasteiger partial charge is 0.497 e. The second-order valence-corrected chi connectivity index (χ2v) is 9.04. The van der Waals surface area contributed by atoms with Gasteiger partial charge in [-0.15, -0.1) is 0 Å². The smallest absolute Gasteiger partial charge is 0.255 e. The number of hydrogen-bond donors (Lipinski definition) is 1. The van der Waals surface area contributed by atoms with Crippen molar-refractivity contribution in [1.82, 2.24) is 4.90 Å². The van der Waals surface area contributed by atoms with Gasteiger partial charge in [0.25, 0.3) is 11.8 Å². The molecule has 0 bridgehead atoms. The topological polar surface area (TPSA) is 81.0 Å². The van der Waals surface area contributed by atoms with E-state index in [9.17, 15) is 9.59 Å². The van der Waals surface area contributed by atoms with Crippen molar-refractivity contribution in [1.29, 1.82) is 0 Å². The third-order valence-corrected chi connectivity index (χ3v) is 6.46. The van der Waals surface area contributed by atoms with E-state index in [0.717, 1.165) is 28.2 Å². The Bertz CT molecular complexity index is 1430. The summed E-state index contributed by atoms with van der Waals surface area (Å²) in [4.78, 5) is 27.6. The highest BCUT2D eigenvalue weighted by atomic mass is 16.5. The summed E-state index contributed by atoms with van der Waals surface area (Å²) in [5.41, 5.74) is 4.78. The monoisotopic (exact) mass is 496 g/mol. The van der Waals surface area contributed by atoms with E-state index in [-0.39, 0.29) is 11.8 Å². The second kappa shape index (κ2) is 10.2. The Hall–Kier alpha value is -4.52. The van der Waals surface area contributed by atoms with Crippen molar-refractivity contribution >= 4 is 17.5 Å². The van der Waals surface area contributed by atoms with E-state index >= 15 is 0 Å². The summed E-state index contributed by atoms with van der Waals surface area (Å²) >= 11 is 0. The van der Waals surface area contributed by atoms with Gasteiger partial charge in [0.05, 0.1) is 14.2 Å². The summed E-state index contributed by atoms with van der Waals surface area (Å²) in [6.45, 7) is 3.12. The first-order valence-electron chi connectivity index (χ1n) is 12.1. The molecule has 7 heteroatoms. The summed E-state index contributed by atoms with van der Waals surface area (Å²) < 4.78 is 16.6. The minimum atomic E-state index is -0.267. The van der Waals surface area contributed by atoms with Crippen LogP contribution in [0, 0.1) is 6.92 Å². The average Bonchev–Trinajstić information content (AvgIpc) is 3.36. The summed E-state index contributed by atoms with van der Waals surface area (Å²) in [6.07, 6.45) is 0.672. The number of anilines is 1. The minimum Gasteiger partial charge on any atom is -0.497 e. The number of aryl methyl sites for hydroxylation is 1. The fourth-order valence-corrected chi connectivity index (χ4v) is 4.47. The summed E-state index contributed by atoms with van der Waals surface area (Å²) in [7, 11) is 3.09. The first-order chi connectivity index (χ1) is 17.9. The van der Waals surface area contributed by atoms with Gasteiger partial charge in [0.15, 0.2) is 0 Å². The first-order valence-corrected chi connectivity index (χ1v) is 12.1. The lowest BCUT2D eigenvalue weighted by atomic mass is 10.1. The summed E-state index contributed by atoms with van der Waals surface area (Å²) in [6, 6.07) is 22.2. The Labute approximate surface area is 215 Å². The normalized spacial score (nSPS) is 12.6. The van der Waals surface area contributed by atoms with Crippen LogP contribution < -0.4 is 14.8 Å². The Kier molecular flexibility index (Phi) is 6.68. The summed E-state index contributed by atoms with van der Waals surface area (Å²) in [5.74, 6) is 2.50. The van der Waals surface area contributed by atoms with Crippen LogP contribution in [0.25, 0.3) is 11.3 Å². The van der Waals surface area contributed by atoms with Crippen LogP contribution in [0.2, 0.25) is 0 Å². The van der Waals surface area contributed by atoms with E-state index in [2.05, 4.69) is 5.32 Å². The van der Waals surface area contributed by atoms with E-state index < -0.39 is 0 Å². The zero-order chi connectivity index (χ0) is 25.9. The highest BCUT2D eigenvalue weighted by Crippen LogP contribution is 2.31. The molecular weight excluding hydrogens is 468 g/mol. The van der Waals surface area contributed by atoms with Gasteiger partial charge in [0.2, 0.25) is 0 Å². The average molecular weight is 497 g/mol. The number of carbonyl (C=O) groups excluding carboxylic acids is 2. The van der Waals surface area contributed by atoms with Gasteiger partial charge in [-0.3, -0.25) is 9.59 Å². The van der Waals surface area contributed by atoms with Crippen molar-refractivity contribution in [3.05, 3.63) is 101 Å². The van der Waals surface area contributed by atoms with Crippen LogP contribution in [0.15, 0.2) is 77.2 Å². The molecule has 2 heterocycles. The number of rotatable bonds is 6. The Morgan fingerprint density at radius 1 is 0.892 bits per heavy atom. The van der Waals surface area contributed by atoms with Crippen molar-refractivity contribution in [2.75, 3.05) is 26.1 Å². The lowest BCUT2D eigenvalue weighted by Crippen LogP contribution is -2.35. The van der Waals surface area contributed by atoms with Crippen LogP contribution in [0.3, 0.4) is 0 Å². The van der Waals surface area contributed by atoms with E-state index in [0.29, 0.717) is 47.8 Å². The van der Waals surface area contributed by atoms with Gasteiger partial charge in [-0.05, 0) is 61.5 Å². The lowest BCUT2D eigenvalue weighted by Gasteiger charge is -2.26. The van der Waals surface area contributed by atoms with Gasteiger partial charge in [-0.25, -0.2) is 0 Å². The number of methoxy groups -OCH3 is 2. The predicted molar refractivity (Wildman–Crippen MR) is 141 cm³/mol. The Balaban J connectivity index is 1.28. The molecule has 188 valence electrons. The number of carbonyl (C=O) groups is 2. The number of nitrogens with zero attached hydrogens (tertiary/aromatic N) is 1. The zero-order valence-electron chi connectivity index (χ0n) is 21.0. The highest BCUT2D eigenvalue weighted by Gasteiger charge is 2.25. The first kappa shape index (κ1) is 24.2. The number of benzene rings is 3. The second-order valence-electron chi connectivity index (χ2n) is 9.04. The molecule has 0 atom stereocenters. The van der Waals surface area contributed by atoms with Crippen molar-refractivity contribution in [3.63, 3.8) is 0 Å². The molecule has 0 unspecified atom stereocenters. The molecule has 0 saturated carbocycles. The van der Waals surface area contributed by atoms with Crippen LogP contribution in [0.1, 0.15) is 37.6 Å². The van der Waals surface area contributed by atoms with E-state index in [1.165, 1.54) is 0 Å². The number of nitrogens with one attached hydrogen (secondary N) is 1. The molecule has 0 radical (unpaired) electrons. The van der Waals surface area contributed by atoms with Crippen molar-refractivity contribution in [2.24, 2.45) is 0 Å². The zero-order valence-corrected chi connectivity index (χ0v) is 21.0. The molecular formula is C30H28N2O5. The van der Waals surface area contributed by atoms with E-state index in [4.69, 9.17) is 13.9 Å². The fourth-order valence-electron chi connectivity index (χ4n) is 4.47. The van der Waals surface area contributed by atoms with Gasteiger partial charge in [0.1, 0.15) is 23.0 Å². The molecule has 7 nitrogen and oxygen atoms in total. The van der Waals surface area contributed by atoms with Crippen LogP contribution in [0.4, 0.5) is 5.69 Å². The Morgan fingerprint density at radius 2 is 1.62 bits per heavy atom. The number of fused-ring (bicyclic) bond motifs is 1. The quantitative estimate of drug-likeness (QED) is 0.369. The number of ether oxygens (including phenoxy) is 2. The molecule has 2 amide bonds. The standard InChI is InChI=1S/C30H28N2O5/c1-19-5-4-6-21(13-19)30(34)32-12-11-27-23(18-32)16-28(37-27)20-7-9-24(10-8-20)31-29(33)22-14-25(35-2)17-26(15-22)36-3/h4-10,13-17H,11-12,18H2,1-3H3,(H,31,33). The molecule has 37 heavy (non-hydrogen) atoms. The summed E-state index contributed by atoms with van der Waals surface area (Å²) in [5, 5.41) is 2.90. The fraction of sp³-hybridized carbons (Fsp3) is 0.200. The van der Waals surface area contributed by atoms with Crippen LogP contribution in [-0.2, 0) is 13.0 Å². The number of hydrogen-bond acceptors (Lipinski definition) is 5. The van der Waals surface area contributed by atoms with E-state index in [1.54, 1.807) is 32.4 Å². The molecule has 1 aliphatic heterocycles. The third kappa shape index (κ3) is 5.21. The molecule has 4 aromatic rings. The molecule has 1 aromatic heterocycles. The van der Waals surface area contributed by atoms with Crippen LogP contribution >= 0.6 is 0 Å². The van der Waals surface area contributed by atoms with Crippen LogP contribution in [-0.4, -0.2) is 37.5 Å². The van der Waals surface area contributed by atoms with Crippen molar-refractivity contribution in [2.45, 2.75) is 19.9 Å². The predicted octanol–water partition coefficient (Wildman–Crippen LogP) is 5.72. The van der Waals surface area contributed by atoms with E-state index in [1.807, 2.05) is 66.4 Å². The minimum absolute atomic E-state index is 0.0332. The van der Waals surface area contributed by atoms with Crippen LogP contribution in [0.5, 0.6) is 11.5 Å². The molecule has 0 aliphatic carbocycles. The third-order valence-electron chi connectivity index (χ3n) is 6.46. The van der Waals surface area contributed by atoms with Crippen molar-refractivity contribution in [3.8, 4) is 22.8 Å². The molecule has 1 N–H and O–H groups in total. The SMILES string of the molecule is COc1cc(OC)cc(C(=O)Nc2ccc(-c3cc4c(o3)CCN(C(=O)c3cccc(C)c3)C4)cc2)c1. The highest BCUT2D eigenvalue weighted by molar-refractivity contribution is 6.05. The van der Waals surface area contributed by atoms with Gasteiger partial charge >= 0.3 is 0 Å². The number of furan rings is 1. The van der Waals surface area contributed by atoms with Gasteiger partial charge in [-0.1, -0.05) is 17.7 Å². The maximum absolute atomic E-state index is 13.0. The molecule has 5 rings (SSSR count). The molecule has 0 saturated heterocycles. The van der Waals surface area contributed by atoms with Gasteiger partial charge in [-0.2, -0.15) is 0 Å². The lowest BCUT2D eigenvalue weighted by molar-refractivity contribution is 0.0729. The maximum Gasteiger partial charge on any atom is 0.255 e. The molecule has 0 fully saturated rings. The number of amides is 2. The molecule has 1 aliphatic rings. The molecule has 0 spiro atoms. The Morgan fingerprint density at radius 3 is 2.30 bits per heavy atom. The molecule has 3 aromatic carbocycles. The van der Waals surface area contributed by atoms with Gasteiger partial charge < -0.3 is 24.1 Å².